The first kappa shape index (κ1) is 13.5. The maximum absolute atomic E-state index is 6.53. The Bertz CT molecular complexity index is 437. The van der Waals surface area contributed by atoms with E-state index in [2.05, 4.69) is 26.0 Å². The van der Waals surface area contributed by atoms with Crippen molar-refractivity contribution in [2.24, 2.45) is 23.5 Å². The maximum atomic E-state index is 6.53. The van der Waals surface area contributed by atoms with Crippen LogP contribution < -0.4 is 5.73 Å². The zero-order valence-corrected chi connectivity index (χ0v) is 12.7. The number of rotatable bonds is 2. The van der Waals surface area contributed by atoms with Crippen LogP contribution >= 0.6 is 11.6 Å². The van der Waals surface area contributed by atoms with Crippen LogP contribution in [0.2, 0.25) is 5.02 Å². The van der Waals surface area contributed by atoms with Crippen molar-refractivity contribution in [3.05, 3.63) is 34.9 Å². The van der Waals surface area contributed by atoms with Crippen molar-refractivity contribution in [1.82, 2.24) is 0 Å². The minimum Gasteiger partial charge on any atom is -0.325 e. The van der Waals surface area contributed by atoms with E-state index in [9.17, 15) is 0 Å². The van der Waals surface area contributed by atoms with Gasteiger partial charge in [-0.1, -0.05) is 23.7 Å². The number of hydrogen-bond acceptors (Lipinski definition) is 1. The van der Waals surface area contributed by atoms with E-state index in [1.54, 1.807) is 0 Å². The predicted octanol–water partition coefficient (Wildman–Crippen LogP) is 4.60. The van der Waals surface area contributed by atoms with Gasteiger partial charge in [0, 0.05) is 10.6 Å². The third-order valence-corrected chi connectivity index (χ3v) is 5.59. The Hall–Kier alpha value is -0.530. The minimum absolute atomic E-state index is 0.0892. The van der Waals surface area contributed by atoms with Crippen LogP contribution in [0.3, 0.4) is 0 Å². The van der Waals surface area contributed by atoms with Gasteiger partial charge >= 0.3 is 0 Å². The molecule has 0 aliphatic heterocycles. The zero-order valence-electron chi connectivity index (χ0n) is 11.9. The van der Waals surface area contributed by atoms with E-state index in [4.69, 9.17) is 17.3 Å². The molecule has 2 bridgehead atoms. The Balaban J connectivity index is 1.98. The van der Waals surface area contributed by atoms with Gasteiger partial charge in [0.1, 0.15) is 0 Å². The third-order valence-electron chi connectivity index (χ3n) is 5.33. The Labute approximate surface area is 121 Å². The van der Waals surface area contributed by atoms with E-state index in [1.807, 2.05) is 12.1 Å². The van der Waals surface area contributed by atoms with Gasteiger partial charge in [-0.3, -0.25) is 0 Å². The molecule has 4 rings (SSSR count). The van der Waals surface area contributed by atoms with Crippen LogP contribution in [0.15, 0.2) is 24.3 Å². The van der Waals surface area contributed by atoms with Crippen LogP contribution in [-0.2, 0) is 0 Å². The van der Waals surface area contributed by atoms with Gasteiger partial charge in [-0.25, -0.2) is 0 Å². The van der Waals surface area contributed by atoms with Crippen LogP contribution in [-0.4, -0.2) is 5.54 Å². The summed E-state index contributed by atoms with van der Waals surface area (Å²) in [5, 5.41) is 0.827. The van der Waals surface area contributed by atoms with E-state index < -0.39 is 0 Å². The SMILES string of the molecule is CC(C)(N)C1C2CCC(CC2)C1c1ccc(Cl)cc1. The Kier molecular flexibility index (Phi) is 3.39. The van der Waals surface area contributed by atoms with Crippen LogP contribution in [0.1, 0.15) is 51.0 Å². The molecule has 2 atom stereocenters. The number of hydrogen-bond donors (Lipinski definition) is 1. The summed E-state index contributed by atoms with van der Waals surface area (Å²) in [6, 6.07) is 8.48. The lowest BCUT2D eigenvalue weighted by Crippen LogP contribution is -2.53. The van der Waals surface area contributed by atoms with E-state index in [0.29, 0.717) is 11.8 Å². The highest BCUT2D eigenvalue weighted by Gasteiger charge is 2.48. The van der Waals surface area contributed by atoms with Gasteiger partial charge in [-0.2, -0.15) is 0 Å². The molecule has 2 heteroatoms. The summed E-state index contributed by atoms with van der Waals surface area (Å²) < 4.78 is 0. The second-order valence-corrected chi connectivity index (χ2v) is 7.54. The fraction of sp³-hybridized carbons (Fsp3) is 0.647. The predicted molar refractivity (Wildman–Crippen MR) is 81.4 cm³/mol. The summed E-state index contributed by atoms with van der Waals surface area (Å²) in [4.78, 5) is 0. The molecule has 0 amide bonds. The highest BCUT2D eigenvalue weighted by molar-refractivity contribution is 6.30. The van der Waals surface area contributed by atoms with Crippen molar-refractivity contribution >= 4 is 11.6 Å². The van der Waals surface area contributed by atoms with E-state index in [1.165, 1.54) is 31.2 Å². The minimum atomic E-state index is -0.0892. The molecule has 1 nitrogen and oxygen atoms in total. The molecule has 2 unspecified atom stereocenters. The fourth-order valence-electron chi connectivity index (χ4n) is 4.68. The quantitative estimate of drug-likeness (QED) is 0.840. The third kappa shape index (κ3) is 2.43. The molecule has 0 saturated heterocycles. The van der Waals surface area contributed by atoms with Crippen molar-refractivity contribution in [2.45, 2.75) is 51.0 Å². The molecular weight excluding hydrogens is 254 g/mol. The van der Waals surface area contributed by atoms with E-state index >= 15 is 0 Å². The topological polar surface area (TPSA) is 26.0 Å². The number of nitrogens with two attached hydrogens (primary N) is 1. The molecule has 2 N–H and O–H groups in total. The van der Waals surface area contributed by atoms with Gasteiger partial charge in [-0.05, 0) is 80.9 Å². The number of halogens is 1. The largest absolute Gasteiger partial charge is 0.325 e. The van der Waals surface area contributed by atoms with Gasteiger partial charge in [0.2, 0.25) is 0 Å². The van der Waals surface area contributed by atoms with Crippen molar-refractivity contribution in [1.29, 1.82) is 0 Å². The van der Waals surface area contributed by atoms with Crippen LogP contribution in [0, 0.1) is 17.8 Å². The monoisotopic (exact) mass is 277 g/mol. The van der Waals surface area contributed by atoms with Crippen LogP contribution in [0.4, 0.5) is 0 Å². The maximum Gasteiger partial charge on any atom is 0.0406 e. The van der Waals surface area contributed by atoms with E-state index in [0.717, 1.165) is 16.9 Å². The van der Waals surface area contributed by atoms with Crippen LogP contribution in [0.25, 0.3) is 0 Å². The molecule has 19 heavy (non-hydrogen) atoms. The van der Waals surface area contributed by atoms with Crippen molar-refractivity contribution in [3.8, 4) is 0 Å². The molecular formula is C17H24ClN. The normalized spacial score (nSPS) is 34.5. The molecule has 3 aliphatic rings. The number of benzene rings is 1. The summed E-state index contributed by atoms with van der Waals surface area (Å²) in [5.41, 5.74) is 7.89. The summed E-state index contributed by atoms with van der Waals surface area (Å²) >= 11 is 6.03. The molecule has 3 aliphatic carbocycles. The van der Waals surface area contributed by atoms with Gasteiger partial charge in [-0.15, -0.1) is 0 Å². The lowest BCUT2D eigenvalue weighted by Gasteiger charge is -2.54. The lowest BCUT2D eigenvalue weighted by molar-refractivity contribution is 0.0264. The van der Waals surface area contributed by atoms with Gasteiger partial charge in [0.15, 0.2) is 0 Å². The first-order valence-electron chi connectivity index (χ1n) is 7.51. The van der Waals surface area contributed by atoms with Gasteiger partial charge in [0.25, 0.3) is 0 Å². The second kappa shape index (κ2) is 4.79. The summed E-state index contributed by atoms with van der Waals surface area (Å²) in [6.07, 6.45) is 5.51. The van der Waals surface area contributed by atoms with Crippen molar-refractivity contribution in [2.75, 3.05) is 0 Å². The Morgan fingerprint density at radius 1 is 1.00 bits per heavy atom. The van der Waals surface area contributed by atoms with Crippen molar-refractivity contribution < 1.29 is 0 Å². The Morgan fingerprint density at radius 3 is 2.05 bits per heavy atom. The van der Waals surface area contributed by atoms with E-state index in [-0.39, 0.29) is 5.54 Å². The first-order chi connectivity index (χ1) is 8.97. The zero-order chi connectivity index (χ0) is 13.6. The molecule has 0 spiro atoms. The smallest absolute Gasteiger partial charge is 0.0406 e. The highest BCUT2D eigenvalue weighted by atomic mass is 35.5. The van der Waals surface area contributed by atoms with Crippen molar-refractivity contribution in [3.63, 3.8) is 0 Å². The highest BCUT2D eigenvalue weighted by Crippen LogP contribution is 2.56. The molecule has 0 heterocycles. The molecule has 0 aromatic heterocycles. The van der Waals surface area contributed by atoms with Crippen LogP contribution in [0.5, 0.6) is 0 Å². The van der Waals surface area contributed by atoms with Gasteiger partial charge in [0.05, 0.1) is 0 Å². The Morgan fingerprint density at radius 2 is 1.53 bits per heavy atom. The molecule has 3 saturated carbocycles. The average Bonchev–Trinajstić information content (AvgIpc) is 2.39. The second-order valence-electron chi connectivity index (χ2n) is 7.10. The summed E-state index contributed by atoms with van der Waals surface area (Å²) in [6.45, 7) is 4.42. The first-order valence-corrected chi connectivity index (χ1v) is 7.89. The fourth-order valence-corrected chi connectivity index (χ4v) is 4.81. The van der Waals surface area contributed by atoms with Gasteiger partial charge < -0.3 is 5.73 Å². The average molecular weight is 278 g/mol. The molecule has 1 aromatic carbocycles. The molecule has 0 radical (unpaired) electrons. The summed E-state index contributed by atoms with van der Waals surface area (Å²) in [7, 11) is 0. The molecule has 1 aromatic rings. The standard InChI is InChI=1S/C17H24ClN/c1-17(2,19)16-13-5-3-11(4-6-13)15(16)12-7-9-14(18)10-8-12/h7-11,13,15-16H,3-6,19H2,1-2H3. The number of fused-ring (bicyclic) bond motifs is 3. The lowest BCUT2D eigenvalue weighted by atomic mass is 9.52. The summed E-state index contributed by atoms with van der Waals surface area (Å²) in [5.74, 6) is 2.87. The molecule has 3 fully saturated rings. The molecule has 104 valence electrons.